The van der Waals surface area contributed by atoms with Crippen LogP contribution >= 0.6 is 0 Å². The number of hydrogen-bond acceptors (Lipinski definition) is 5. The molecule has 33 heavy (non-hydrogen) atoms. The van der Waals surface area contributed by atoms with Crippen LogP contribution in [0.2, 0.25) is 0 Å². The molecule has 1 amide bonds. The van der Waals surface area contributed by atoms with Gasteiger partial charge in [0.05, 0.1) is 11.3 Å². The maximum Gasteiger partial charge on any atom is 0.267 e. The number of anilines is 1. The van der Waals surface area contributed by atoms with E-state index in [0.717, 1.165) is 16.5 Å². The van der Waals surface area contributed by atoms with Crippen LogP contribution in [-0.2, 0) is 9.63 Å². The first-order valence-corrected chi connectivity index (χ1v) is 10.6. The summed E-state index contributed by atoms with van der Waals surface area (Å²) >= 11 is 0. The average molecular weight is 441 g/mol. The molecule has 0 aliphatic carbocycles. The minimum atomic E-state index is -0.257. The van der Waals surface area contributed by atoms with Crippen LogP contribution in [0.4, 0.5) is 5.69 Å². The van der Waals surface area contributed by atoms with Gasteiger partial charge in [-0.2, -0.15) is 0 Å². The van der Waals surface area contributed by atoms with E-state index in [0.29, 0.717) is 23.7 Å². The number of pyridine rings is 1. The fraction of sp³-hybridized carbons (Fsp3) is 0.115. The fourth-order valence-corrected chi connectivity index (χ4v) is 3.48. The van der Waals surface area contributed by atoms with E-state index < -0.39 is 0 Å². The van der Waals surface area contributed by atoms with Crippen LogP contribution in [-0.4, -0.2) is 29.9 Å². The van der Waals surface area contributed by atoms with Gasteiger partial charge in [0.2, 0.25) is 5.88 Å². The van der Waals surface area contributed by atoms with Gasteiger partial charge in [0.15, 0.2) is 12.4 Å². The van der Waals surface area contributed by atoms with Gasteiger partial charge in [-0.1, -0.05) is 59.8 Å². The van der Waals surface area contributed by atoms with Gasteiger partial charge in [-0.25, -0.2) is 4.98 Å². The van der Waals surface area contributed by atoms with Crippen molar-refractivity contribution in [2.45, 2.75) is 6.92 Å². The molecule has 0 radical (unpaired) electrons. The molecule has 4 rings (SSSR count). The van der Waals surface area contributed by atoms with E-state index in [1.165, 1.54) is 0 Å². The Hall–Kier alpha value is -4.39. The van der Waals surface area contributed by atoms with E-state index in [-0.39, 0.29) is 18.3 Å². The van der Waals surface area contributed by atoms with Crippen molar-refractivity contribution < 1.29 is 14.4 Å². The lowest BCUT2D eigenvalue weighted by Gasteiger charge is -2.22. The third-order valence-electron chi connectivity index (χ3n) is 5.03. The normalized spacial score (nSPS) is 11.2. The van der Waals surface area contributed by atoms with Crippen molar-refractivity contribution in [1.29, 1.82) is 0 Å². The molecule has 0 atom stereocenters. The zero-order chi connectivity index (χ0) is 23.0. The third kappa shape index (κ3) is 5.10. The second kappa shape index (κ2) is 10.3. The first kappa shape index (κ1) is 21.8. The number of amidine groups is 1. The number of rotatable bonds is 8. The van der Waals surface area contributed by atoms with Gasteiger partial charge in [-0.05, 0) is 42.6 Å². The number of fused-ring (bicyclic) bond motifs is 1. The van der Waals surface area contributed by atoms with Crippen molar-refractivity contribution in [3.05, 3.63) is 96.7 Å². The molecule has 0 unspecified atom stereocenters. The highest BCUT2D eigenvalue weighted by atomic mass is 16.6. The van der Waals surface area contributed by atoms with Gasteiger partial charge in [0.1, 0.15) is 5.75 Å². The molecule has 0 aliphatic rings. The Morgan fingerprint density at radius 2 is 1.73 bits per heavy atom. The summed E-state index contributed by atoms with van der Waals surface area (Å²) in [5, 5.41) is 5.99. The van der Waals surface area contributed by atoms with Crippen LogP contribution in [0.1, 0.15) is 12.5 Å². The van der Waals surface area contributed by atoms with Crippen LogP contribution in [0, 0.1) is 0 Å². The largest absolute Gasteiger partial charge is 0.438 e. The fourth-order valence-electron chi connectivity index (χ4n) is 3.48. The smallest absolute Gasteiger partial charge is 0.267 e. The number of carbonyl (C=O) groups excluding carboxylic acids is 1. The first-order valence-electron chi connectivity index (χ1n) is 10.6. The maximum atomic E-state index is 12.9. The summed E-state index contributed by atoms with van der Waals surface area (Å²) < 4.78 is 5.81. The number of oxime groups is 1. The molecule has 0 saturated carbocycles. The summed E-state index contributed by atoms with van der Waals surface area (Å²) in [6, 6.07) is 26.5. The predicted octanol–water partition coefficient (Wildman–Crippen LogP) is 4.72. The Balaban J connectivity index is 1.47. The molecule has 2 N–H and O–H groups in total. The molecule has 3 aromatic carbocycles. The van der Waals surface area contributed by atoms with Crippen molar-refractivity contribution in [2.75, 3.05) is 18.1 Å². The molecule has 7 heteroatoms. The second-order valence-corrected chi connectivity index (χ2v) is 7.16. The number of likely N-dealkylation sites (N-methyl/N-ethyl adjacent to an activating group) is 1. The lowest BCUT2D eigenvalue weighted by atomic mass is 10.1. The van der Waals surface area contributed by atoms with E-state index in [9.17, 15) is 4.79 Å². The van der Waals surface area contributed by atoms with Crippen molar-refractivity contribution in [1.82, 2.24) is 4.98 Å². The number of aromatic nitrogens is 1. The van der Waals surface area contributed by atoms with E-state index in [2.05, 4.69) is 10.1 Å². The summed E-state index contributed by atoms with van der Waals surface area (Å²) in [7, 11) is 0. The Morgan fingerprint density at radius 3 is 2.55 bits per heavy atom. The number of carbonyl (C=O) groups is 1. The van der Waals surface area contributed by atoms with Crippen molar-refractivity contribution in [2.24, 2.45) is 10.9 Å². The molecule has 0 saturated heterocycles. The number of para-hydroxylation sites is 1. The topological polar surface area (TPSA) is 90.0 Å². The van der Waals surface area contributed by atoms with Crippen molar-refractivity contribution in [3.8, 4) is 11.6 Å². The van der Waals surface area contributed by atoms with Crippen LogP contribution in [0.5, 0.6) is 11.6 Å². The van der Waals surface area contributed by atoms with Gasteiger partial charge in [0.25, 0.3) is 5.91 Å². The molecular formula is C26H24N4O3. The number of nitrogens with zero attached hydrogens (tertiary/aromatic N) is 3. The zero-order valence-corrected chi connectivity index (χ0v) is 18.2. The minimum absolute atomic E-state index is 0.0649. The molecular weight excluding hydrogens is 416 g/mol. The summed E-state index contributed by atoms with van der Waals surface area (Å²) in [4.78, 5) is 24.1. The van der Waals surface area contributed by atoms with Gasteiger partial charge in [-0.3, -0.25) is 4.79 Å². The Labute approximate surface area is 192 Å². The highest BCUT2D eigenvalue weighted by Crippen LogP contribution is 2.27. The molecule has 166 valence electrons. The molecule has 0 spiro atoms. The zero-order valence-electron chi connectivity index (χ0n) is 18.2. The monoisotopic (exact) mass is 440 g/mol. The van der Waals surface area contributed by atoms with Gasteiger partial charge in [-0.15, -0.1) is 0 Å². The molecule has 0 aliphatic heterocycles. The predicted molar refractivity (Wildman–Crippen MR) is 129 cm³/mol. The quantitative estimate of drug-likeness (QED) is 0.243. The standard InChI is InChI=1S/C26H24N4O3/c1-2-30(23-16-8-11-19-10-6-7-14-21(19)23)24(31)18-32-29-25(27)22-15-9-17-28-26(22)33-20-12-4-3-5-13-20/h3-17H,2,18H2,1H3,(H2,27,29). The number of ether oxygens (including phenoxy) is 1. The lowest BCUT2D eigenvalue weighted by Crippen LogP contribution is -2.33. The molecule has 0 fully saturated rings. The molecule has 4 aromatic rings. The summed E-state index contributed by atoms with van der Waals surface area (Å²) in [5.41, 5.74) is 7.40. The Morgan fingerprint density at radius 1 is 0.970 bits per heavy atom. The second-order valence-electron chi connectivity index (χ2n) is 7.16. The van der Waals surface area contributed by atoms with Crippen LogP contribution in [0.25, 0.3) is 10.8 Å². The van der Waals surface area contributed by atoms with E-state index in [1.54, 1.807) is 23.2 Å². The molecule has 0 bridgehead atoms. The summed E-state index contributed by atoms with van der Waals surface area (Å²) in [5.74, 6) is 0.758. The summed E-state index contributed by atoms with van der Waals surface area (Å²) in [6.45, 7) is 2.15. The maximum absolute atomic E-state index is 12.9. The number of benzene rings is 3. The van der Waals surface area contributed by atoms with Gasteiger partial charge in [0, 0.05) is 18.1 Å². The highest BCUT2D eigenvalue weighted by Gasteiger charge is 2.17. The Bertz CT molecular complexity index is 1270. The number of hydrogen-bond donors (Lipinski definition) is 1. The minimum Gasteiger partial charge on any atom is -0.438 e. The van der Waals surface area contributed by atoms with Gasteiger partial charge >= 0.3 is 0 Å². The molecule has 1 aromatic heterocycles. The highest BCUT2D eigenvalue weighted by molar-refractivity contribution is 6.04. The first-order chi connectivity index (χ1) is 16.2. The van der Waals surface area contributed by atoms with E-state index in [4.69, 9.17) is 15.3 Å². The Kier molecular flexibility index (Phi) is 6.80. The van der Waals surface area contributed by atoms with E-state index in [1.807, 2.05) is 79.7 Å². The molecule has 1 heterocycles. The van der Waals surface area contributed by atoms with E-state index >= 15 is 0 Å². The van der Waals surface area contributed by atoms with Crippen LogP contribution in [0.15, 0.2) is 96.3 Å². The number of nitrogens with two attached hydrogens (primary N) is 1. The van der Waals surface area contributed by atoms with Gasteiger partial charge < -0.3 is 20.2 Å². The van der Waals surface area contributed by atoms with Crippen molar-refractivity contribution >= 4 is 28.2 Å². The summed E-state index contributed by atoms with van der Waals surface area (Å²) in [6.07, 6.45) is 1.60. The lowest BCUT2D eigenvalue weighted by molar-refractivity contribution is -0.123. The molecule has 7 nitrogen and oxygen atoms in total. The average Bonchev–Trinajstić information content (AvgIpc) is 2.85. The van der Waals surface area contributed by atoms with Crippen molar-refractivity contribution in [3.63, 3.8) is 0 Å². The third-order valence-corrected chi connectivity index (χ3v) is 5.03. The SMILES string of the molecule is CCN(C(=O)CO/N=C(/N)c1cccnc1Oc1ccccc1)c1cccc2ccccc12. The number of amides is 1. The van der Waals surface area contributed by atoms with Crippen LogP contribution in [0.3, 0.4) is 0 Å². The van der Waals surface area contributed by atoms with Crippen LogP contribution < -0.4 is 15.4 Å².